The van der Waals surface area contributed by atoms with E-state index in [4.69, 9.17) is 5.11 Å². The summed E-state index contributed by atoms with van der Waals surface area (Å²) in [7, 11) is 3.28. The molecule has 23 heavy (non-hydrogen) atoms. The zero-order valence-electron chi connectivity index (χ0n) is 13.6. The van der Waals surface area contributed by atoms with Crippen molar-refractivity contribution in [2.45, 2.75) is 26.7 Å². The van der Waals surface area contributed by atoms with Crippen LogP contribution in [0.2, 0.25) is 0 Å². The lowest BCUT2D eigenvalue weighted by atomic mass is 10.0. The Morgan fingerprint density at radius 1 is 1.35 bits per heavy atom. The molecule has 0 aliphatic carbocycles. The molecule has 2 rings (SSSR count). The molecular formula is C15H20N4O4. The molecule has 0 saturated heterocycles. The molecule has 0 bridgehead atoms. The number of amides is 1. The minimum absolute atomic E-state index is 0.0884. The van der Waals surface area contributed by atoms with Gasteiger partial charge in [-0.25, -0.2) is 4.98 Å². The predicted molar refractivity (Wildman–Crippen MR) is 84.4 cm³/mol. The van der Waals surface area contributed by atoms with Crippen molar-refractivity contribution in [2.24, 2.45) is 7.05 Å². The fourth-order valence-electron chi connectivity index (χ4n) is 2.58. The van der Waals surface area contributed by atoms with E-state index in [1.807, 2.05) is 0 Å². The minimum Gasteiger partial charge on any atom is -0.481 e. The van der Waals surface area contributed by atoms with E-state index < -0.39 is 5.97 Å². The van der Waals surface area contributed by atoms with E-state index >= 15 is 0 Å². The molecule has 2 aromatic rings. The number of H-pyrrole nitrogens is 1. The second kappa shape index (κ2) is 6.23. The molecule has 0 aromatic carbocycles. The van der Waals surface area contributed by atoms with Crippen molar-refractivity contribution in [2.75, 3.05) is 13.6 Å². The number of aliphatic carboxylic acids is 1. The van der Waals surface area contributed by atoms with Crippen molar-refractivity contribution in [3.63, 3.8) is 0 Å². The number of carboxylic acids is 1. The normalized spacial score (nSPS) is 11.0. The van der Waals surface area contributed by atoms with Gasteiger partial charge in [-0.05, 0) is 25.0 Å². The molecule has 0 saturated carbocycles. The van der Waals surface area contributed by atoms with Crippen LogP contribution in [0.4, 0.5) is 0 Å². The minimum atomic E-state index is -0.948. The summed E-state index contributed by atoms with van der Waals surface area (Å²) in [5.74, 6) is -1.15. The van der Waals surface area contributed by atoms with Crippen molar-refractivity contribution >= 4 is 22.9 Å². The van der Waals surface area contributed by atoms with E-state index in [-0.39, 0.29) is 30.9 Å². The second-order valence-electron chi connectivity index (χ2n) is 5.64. The van der Waals surface area contributed by atoms with Crippen LogP contribution in [0.15, 0.2) is 4.79 Å². The first kappa shape index (κ1) is 16.7. The first-order chi connectivity index (χ1) is 10.7. The third-order valence-electron chi connectivity index (χ3n) is 3.99. The van der Waals surface area contributed by atoms with Gasteiger partial charge in [0.25, 0.3) is 5.56 Å². The number of aryl methyl sites for hydroxylation is 3. The molecule has 0 unspecified atom stereocenters. The molecule has 0 spiro atoms. The Kier molecular flexibility index (Phi) is 4.53. The number of nitrogens with zero attached hydrogens (tertiary/aromatic N) is 3. The van der Waals surface area contributed by atoms with Gasteiger partial charge in [-0.1, -0.05) is 0 Å². The van der Waals surface area contributed by atoms with Gasteiger partial charge in [-0.3, -0.25) is 24.2 Å². The molecular weight excluding hydrogens is 300 g/mol. The van der Waals surface area contributed by atoms with Crippen molar-refractivity contribution in [3.05, 3.63) is 27.2 Å². The third-order valence-corrected chi connectivity index (χ3v) is 3.99. The average Bonchev–Trinajstić information content (AvgIpc) is 2.74. The van der Waals surface area contributed by atoms with Gasteiger partial charge in [0.2, 0.25) is 5.91 Å². The Hall–Kier alpha value is -2.64. The topological polar surface area (TPSA) is 108 Å². The number of fused-ring (bicyclic) bond motifs is 1. The monoisotopic (exact) mass is 320 g/mol. The van der Waals surface area contributed by atoms with Crippen LogP contribution in [0.25, 0.3) is 11.0 Å². The summed E-state index contributed by atoms with van der Waals surface area (Å²) in [6.07, 6.45) is -0.0130. The number of hydrogen-bond donors (Lipinski definition) is 2. The van der Waals surface area contributed by atoms with Gasteiger partial charge >= 0.3 is 5.97 Å². The summed E-state index contributed by atoms with van der Waals surface area (Å²) in [6.45, 7) is 3.74. The maximum atomic E-state index is 12.3. The highest BCUT2D eigenvalue weighted by Gasteiger charge is 2.19. The zero-order valence-corrected chi connectivity index (χ0v) is 13.6. The fraction of sp³-hybridized carbons (Fsp3) is 0.467. The van der Waals surface area contributed by atoms with E-state index in [2.05, 4.69) is 10.1 Å². The van der Waals surface area contributed by atoms with Crippen LogP contribution in [-0.4, -0.2) is 50.2 Å². The molecule has 0 radical (unpaired) electrons. The Bertz CT molecular complexity index is 834. The van der Waals surface area contributed by atoms with Gasteiger partial charge in [0.05, 0.1) is 18.2 Å². The van der Waals surface area contributed by atoms with Gasteiger partial charge in [-0.2, -0.15) is 0 Å². The standard InChI is InChI=1S/C15H20N4O4/c1-8-10(7-11(20)18(3)6-5-12(21)22)9(2)16-14-13(8)15(23)17-19(14)4/h5-7H2,1-4H3,(H,17,23)(H,21,22). The number of nitrogens with one attached hydrogen (secondary N) is 1. The number of hydrogen-bond acceptors (Lipinski definition) is 4. The summed E-state index contributed by atoms with van der Waals surface area (Å²) in [4.78, 5) is 40.7. The fourth-order valence-corrected chi connectivity index (χ4v) is 2.58. The van der Waals surface area contributed by atoms with E-state index in [0.717, 1.165) is 5.56 Å². The van der Waals surface area contributed by atoms with E-state index in [1.54, 1.807) is 32.6 Å². The molecule has 2 aromatic heterocycles. The molecule has 1 amide bonds. The molecule has 8 nitrogen and oxygen atoms in total. The Morgan fingerprint density at radius 2 is 2.00 bits per heavy atom. The molecule has 0 atom stereocenters. The number of likely N-dealkylation sites (N-methyl/N-ethyl adjacent to an activating group) is 1. The van der Waals surface area contributed by atoms with Crippen LogP contribution in [0.1, 0.15) is 23.2 Å². The zero-order chi connectivity index (χ0) is 17.3. The Morgan fingerprint density at radius 3 is 2.61 bits per heavy atom. The quantitative estimate of drug-likeness (QED) is 0.826. The van der Waals surface area contributed by atoms with Crippen LogP contribution >= 0.6 is 0 Å². The smallest absolute Gasteiger partial charge is 0.305 e. The van der Waals surface area contributed by atoms with Gasteiger partial charge in [0, 0.05) is 26.3 Å². The SMILES string of the molecule is Cc1nc2c(c(C)c1CC(=O)N(C)CCC(=O)O)c(=O)[nH]n2C. The maximum absolute atomic E-state index is 12.3. The van der Waals surface area contributed by atoms with Crippen LogP contribution in [0.3, 0.4) is 0 Å². The van der Waals surface area contributed by atoms with Crippen molar-refractivity contribution in [3.8, 4) is 0 Å². The summed E-state index contributed by atoms with van der Waals surface area (Å²) in [5.41, 5.74) is 2.45. The Balaban J connectivity index is 2.33. The van der Waals surface area contributed by atoms with Crippen LogP contribution in [0.5, 0.6) is 0 Å². The number of pyridine rings is 1. The number of carboxylic acid groups (broad SMARTS) is 1. The van der Waals surface area contributed by atoms with Gasteiger partial charge in [0.15, 0.2) is 5.65 Å². The van der Waals surface area contributed by atoms with Crippen molar-refractivity contribution in [1.82, 2.24) is 19.7 Å². The molecule has 2 heterocycles. The number of carbonyl (C=O) groups is 2. The third kappa shape index (κ3) is 3.25. The molecule has 8 heteroatoms. The van der Waals surface area contributed by atoms with Crippen LogP contribution in [-0.2, 0) is 23.1 Å². The number of aromatic amines is 1. The molecule has 0 aliphatic heterocycles. The van der Waals surface area contributed by atoms with Gasteiger partial charge in [0.1, 0.15) is 0 Å². The highest BCUT2D eigenvalue weighted by molar-refractivity contribution is 5.84. The highest BCUT2D eigenvalue weighted by atomic mass is 16.4. The van der Waals surface area contributed by atoms with E-state index in [0.29, 0.717) is 22.3 Å². The Labute approximate surface area is 132 Å². The summed E-state index contributed by atoms with van der Waals surface area (Å²) in [5, 5.41) is 11.8. The summed E-state index contributed by atoms with van der Waals surface area (Å²) in [6, 6.07) is 0. The predicted octanol–water partition coefficient (Wildman–Crippen LogP) is 0.354. The molecule has 2 N–H and O–H groups in total. The summed E-state index contributed by atoms with van der Waals surface area (Å²) >= 11 is 0. The lowest BCUT2D eigenvalue weighted by Gasteiger charge is -2.17. The number of aromatic nitrogens is 3. The van der Waals surface area contributed by atoms with E-state index in [9.17, 15) is 14.4 Å². The molecule has 124 valence electrons. The lowest BCUT2D eigenvalue weighted by Crippen LogP contribution is -2.30. The van der Waals surface area contributed by atoms with E-state index in [1.165, 1.54) is 4.90 Å². The van der Waals surface area contributed by atoms with Crippen LogP contribution in [0, 0.1) is 13.8 Å². The molecule has 0 fully saturated rings. The average molecular weight is 320 g/mol. The molecule has 0 aliphatic rings. The summed E-state index contributed by atoms with van der Waals surface area (Å²) < 4.78 is 1.56. The first-order valence-corrected chi connectivity index (χ1v) is 7.23. The first-order valence-electron chi connectivity index (χ1n) is 7.23. The largest absolute Gasteiger partial charge is 0.481 e. The number of rotatable bonds is 5. The van der Waals surface area contributed by atoms with Crippen LogP contribution < -0.4 is 5.56 Å². The van der Waals surface area contributed by atoms with Gasteiger partial charge < -0.3 is 10.0 Å². The second-order valence-corrected chi connectivity index (χ2v) is 5.64. The number of carbonyl (C=O) groups excluding carboxylic acids is 1. The van der Waals surface area contributed by atoms with Crippen molar-refractivity contribution < 1.29 is 14.7 Å². The van der Waals surface area contributed by atoms with Crippen molar-refractivity contribution in [1.29, 1.82) is 0 Å². The lowest BCUT2D eigenvalue weighted by molar-refractivity contribution is -0.138. The highest BCUT2D eigenvalue weighted by Crippen LogP contribution is 2.20. The maximum Gasteiger partial charge on any atom is 0.305 e. The van der Waals surface area contributed by atoms with Gasteiger partial charge in [-0.15, -0.1) is 0 Å².